The smallest absolute Gasteiger partial charge is 0.408 e. The molecule has 0 fully saturated rings. The fraction of sp³-hybridized carbons (Fsp3) is 0.438. The second kappa shape index (κ2) is 7.98. The highest BCUT2D eigenvalue weighted by Crippen LogP contribution is 2.17. The van der Waals surface area contributed by atoms with E-state index in [-0.39, 0.29) is 5.75 Å². The maximum absolute atomic E-state index is 12.5. The van der Waals surface area contributed by atoms with Crippen LogP contribution in [0.4, 0.5) is 4.79 Å². The summed E-state index contributed by atoms with van der Waals surface area (Å²) >= 11 is 4.08. The Kier molecular flexibility index (Phi) is 6.61. The molecule has 22 heavy (non-hydrogen) atoms. The zero-order chi connectivity index (χ0) is 16.8. The number of carbonyl (C=O) groups excluding carboxylic acids is 3. The Hall–Kier alpha value is -1.82. The summed E-state index contributed by atoms with van der Waals surface area (Å²) in [7, 11) is 0. The molecule has 0 aromatic heterocycles. The molecule has 1 rings (SSSR count). The van der Waals surface area contributed by atoms with E-state index in [1.165, 1.54) is 0 Å². The van der Waals surface area contributed by atoms with Crippen molar-refractivity contribution in [3.05, 3.63) is 35.9 Å². The van der Waals surface area contributed by atoms with Gasteiger partial charge >= 0.3 is 6.09 Å². The molecule has 0 bridgehead atoms. The second-order valence-corrected chi connectivity index (χ2v) is 6.17. The standard InChI is InChI=1S/C16H21NO4S/c1-16(2,3)21-15(20)17-13(10-22)14(19)12(9-18)11-7-5-4-6-8-11/h4-9,12-13,22H,10H2,1-3H3,(H,17,20)/t12?,13-/m0/s1. The molecule has 1 N–H and O–H groups in total. The number of Topliss-reactive ketones (excluding diaryl/α,β-unsaturated/α-hetero) is 1. The number of hydrogen-bond donors (Lipinski definition) is 2. The third-order valence-corrected chi connectivity index (χ3v) is 3.18. The average molecular weight is 323 g/mol. The van der Waals surface area contributed by atoms with Crippen molar-refractivity contribution in [3.8, 4) is 0 Å². The van der Waals surface area contributed by atoms with E-state index in [1.807, 2.05) is 0 Å². The highest BCUT2D eigenvalue weighted by Gasteiger charge is 2.29. The predicted octanol–water partition coefficient (Wildman–Crippen LogP) is 2.36. The Bertz CT molecular complexity index is 525. The molecule has 0 aliphatic carbocycles. The van der Waals surface area contributed by atoms with Gasteiger partial charge in [0.15, 0.2) is 5.78 Å². The molecule has 1 unspecified atom stereocenters. The van der Waals surface area contributed by atoms with E-state index in [2.05, 4.69) is 17.9 Å². The molecule has 0 saturated carbocycles. The van der Waals surface area contributed by atoms with Crippen molar-refractivity contribution in [2.45, 2.75) is 38.3 Å². The lowest BCUT2D eigenvalue weighted by Crippen LogP contribution is -2.46. The summed E-state index contributed by atoms with van der Waals surface area (Å²) in [6, 6.07) is 7.78. The molecule has 0 heterocycles. The number of aldehydes is 1. The monoisotopic (exact) mass is 323 g/mol. The van der Waals surface area contributed by atoms with E-state index in [9.17, 15) is 14.4 Å². The minimum atomic E-state index is -0.937. The maximum Gasteiger partial charge on any atom is 0.408 e. The minimum absolute atomic E-state index is 0.0786. The molecule has 2 atom stereocenters. The molecule has 1 aromatic carbocycles. The van der Waals surface area contributed by atoms with Gasteiger partial charge in [-0.05, 0) is 26.3 Å². The number of ether oxygens (including phenoxy) is 1. The number of amides is 1. The highest BCUT2D eigenvalue weighted by atomic mass is 32.1. The van der Waals surface area contributed by atoms with Crippen LogP contribution in [0.5, 0.6) is 0 Å². The lowest BCUT2D eigenvalue weighted by atomic mass is 9.92. The van der Waals surface area contributed by atoms with Crippen LogP contribution in [0.2, 0.25) is 0 Å². The number of hydrogen-bond acceptors (Lipinski definition) is 5. The fourth-order valence-electron chi connectivity index (χ4n) is 1.84. The number of thiol groups is 1. The highest BCUT2D eigenvalue weighted by molar-refractivity contribution is 7.80. The van der Waals surface area contributed by atoms with Gasteiger partial charge < -0.3 is 14.8 Å². The van der Waals surface area contributed by atoms with Gasteiger partial charge in [0.05, 0.1) is 0 Å². The minimum Gasteiger partial charge on any atom is -0.444 e. The number of carbonyl (C=O) groups is 3. The Morgan fingerprint density at radius 2 is 1.86 bits per heavy atom. The molecule has 5 nitrogen and oxygen atoms in total. The van der Waals surface area contributed by atoms with Gasteiger partial charge in [0.1, 0.15) is 23.8 Å². The quantitative estimate of drug-likeness (QED) is 0.479. The first-order chi connectivity index (χ1) is 10.3. The van der Waals surface area contributed by atoms with Crippen LogP contribution in [-0.2, 0) is 14.3 Å². The number of benzene rings is 1. The van der Waals surface area contributed by atoms with Gasteiger partial charge in [0, 0.05) is 5.75 Å². The summed E-state index contributed by atoms with van der Waals surface area (Å²) in [6.45, 7) is 5.17. The van der Waals surface area contributed by atoms with Crippen LogP contribution >= 0.6 is 12.6 Å². The first-order valence-corrected chi connectivity index (χ1v) is 7.56. The van der Waals surface area contributed by atoms with Crippen LogP contribution in [0.3, 0.4) is 0 Å². The van der Waals surface area contributed by atoms with Crippen molar-refractivity contribution >= 4 is 30.8 Å². The Labute approximate surface area is 135 Å². The Balaban J connectivity index is 2.83. The lowest BCUT2D eigenvalue weighted by molar-refractivity contribution is -0.125. The van der Waals surface area contributed by atoms with Crippen LogP contribution < -0.4 is 5.32 Å². The number of ketones is 1. The van der Waals surface area contributed by atoms with Gasteiger partial charge in [-0.1, -0.05) is 30.3 Å². The molecule has 6 heteroatoms. The topological polar surface area (TPSA) is 72.5 Å². The first-order valence-electron chi connectivity index (χ1n) is 6.93. The first kappa shape index (κ1) is 18.2. The van der Waals surface area contributed by atoms with Crippen molar-refractivity contribution < 1.29 is 19.1 Å². The van der Waals surface area contributed by atoms with Crippen molar-refractivity contribution in [3.63, 3.8) is 0 Å². The number of alkyl carbamates (subject to hydrolysis) is 1. The largest absolute Gasteiger partial charge is 0.444 e. The summed E-state index contributed by atoms with van der Waals surface area (Å²) < 4.78 is 5.11. The van der Waals surface area contributed by atoms with E-state index in [0.717, 1.165) is 0 Å². The normalized spacial score (nSPS) is 13.8. The zero-order valence-electron chi connectivity index (χ0n) is 12.9. The van der Waals surface area contributed by atoms with Gasteiger partial charge in [0.2, 0.25) is 0 Å². The summed E-state index contributed by atoms with van der Waals surface area (Å²) in [5.41, 5.74) is -0.0853. The van der Waals surface area contributed by atoms with Crippen molar-refractivity contribution in [1.29, 1.82) is 0 Å². The van der Waals surface area contributed by atoms with Gasteiger partial charge in [0.25, 0.3) is 0 Å². The van der Waals surface area contributed by atoms with E-state index < -0.39 is 29.4 Å². The molecule has 120 valence electrons. The van der Waals surface area contributed by atoms with Crippen molar-refractivity contribution in [1.82, 2.24) is 5.32 Å². The van der Waals surface area contributed by atoms with E-state index in [1.54, 1.807) is 51.1 Å². The van der Waals surface area contributed by atoms with Crippen LogP contribution in [0.25, 0.3) is 0 Å². The Morgan fingerprint density at radius 3 is 2.32 bits per heavy atom. The predicted molar refractivity (Wildman–Crippen MR) is 87.3 cm³/mol. The molecule has 1 aromatic rings. The van der Waals surface area contributed by atoms with Gasteiger partial charge in [-0.25, -0.2) is 4.79 Å². The number of nitrogens with one attached hydrogen (secondary N) is 1. The van der Waals surface area contributed by atoms with Crippen LogP contribution in [0.15, 0.2) is 30.3 Å². The van der Waals surface area contributed by atoms with Crippen molar-refractivity contribution in [2.75, 3.05) is 5.75 Å². The fourth-order valence-corrected chi connectivity index (χ4v) is 2.11. The van der Waals surface area contributed by atoms with E-state index >= 15 is 0 Å². The lowest BCUT2D eigenvalue weighted by Gasteiger charge is -2.23. The molecule has 1 amide bonds. The van der Waals surface area contributed by atoms with Crippen LogP contribution in [0, 0.1) is 0 Å². The van der Waals surface area contributed by atoms with E-state index in [0.29, 0.717) is 11.8 Å². The molecule has 0 radical (unpaired) electrons. The summed E-state index contributed by atoms with van der Waals surface area (Å²) in [4.78, 5) is 35.5. The molecular formula is C16H21NO4S. The zero-order valence-corrected chi connectivity index (χ0v) is 13.8. The summed E-state index contributed by atoms with van der Waals surface area (Å²) in [5, 5.41) is 2.46. The van der Waals surface area contributed by atoms with Crippen LogP contribution in [0.1, 0.15) is 32.3 Å². The molecule has 0 aliphatic rings. The molecule has 0 saturated heterocycles. The Morgan fingerprint density at radius 1 is 1.27 bits per heavy atom. The third kappa shape index (κ3) is 5.52. The van der Waals surface area contributed by atoms with Gasteiger partial charge in [-0.15, -0.1) is 0 Å². The second-order valence-electron chi connectivity index (χ2n) is 5.81. The SMILES string of the molecule is CC(C)(C)OC(=O)N[C@@H](CS)C(=O)C(C=O)c1ccccc1. The summed E-state index contributed by atoms with van der Waals surface area (Å²) in [5.74, 6) is -1.27. The van der Waals surface area contributed by atoms with Crippen LogP contribution in [-0.4, -0.2) is 35.6 Å². The molecule has 0 aliphatic heterocycles. The molecule has 0 spiro atoms. The van der Waals surface area contributed by atoms with Crippen molar-refractivity contribution in [2.24, 2.45) is 0 Å². The van der Waals surface area contributed by atoms with E-state index in [4.69, 9.17) is 4.74 Å². The molecular weight excluding hydrogens is 302 g/mol. The summed E-state index contributed by atoms with van der Waals surface area (Å²) in [6.07, 6.45) is -0.136. The van der Waals surface area contributed by atoms with Gasteiger partial charge in [-0.2, -0.15) is 12.6 Å². The number of rotatable bonds is 6. The third-order valence-electron chi connectivity index (χ3n) is 2.82. The average Bonchev–Trinajstić information content (AvgIpc) is 2.44. The maximum atomic E-state index is 12.5. The van der Waals surface area contributed by atoms with Gasteiger partial charge in [-0.3, -0.25) is 4.79 Å².